The van der Waals surface area contributed by atoms with Crippen molar-refractivity contribution in [1.29, 1.82) is 0 Å². The molecule has 1 aliphatic heterocycles. The van der Waals surface area contributed by atoms with Crippen LogP contribution in [0.3, 0.4) is 0 Å². The van der Waals surface area contributed by atoms with Crippen molar-refractivity contribution in [3.63, 3.8) is 0 Å². The molecule has 1 fully saturated rings. The zero-order valence-corrected chi connectivity index (χ0v) is 18.4. The molecule has 0 spiro atoms. The van der Waals surface area contributed by atoms with Crippen LogP contribution in [0.2, 0.25) is 0 Å². The number of para-hydroxylation sites is 1. The topological polar surface area (TPSA) is 60.2 Å². The van der Waals surface area contributed by atoms with Crippen molar-refractivity contribution in [3.05, 3.63) is 48.6 Å². The maximum Gasteiger partial charge on any atom is 0.236 e. The second kappa shape index (κ2) is 10.6. The Morgan fingerprint density at radius 3 is 2.93 bits per heavy atom. The van der Waals surface area contributed by atoms with E-state index in [4.69, 9.17) is 4.74 Å². The molecule has 2 atom stereocenters. The van der Waals surface area contributed by atoms with Gasteiger partial charge in [0, 0.05) is 19.1 Å². The average Bonchev–Trinajstić information content (AvgIpc) is 3.14. The Kier molecular flexibility index (Phi) is 7.90. The smallest absolute Gasteiger partial charge is 0.236 e. The summed E-state index contributed by atoms with van der Waals surface area (Å²) in [5.41, 5.74) is 0. The Balaban J connectivity index is 1.70. The molecule has 2 unspecified atom stereocenters. The lowest BCUT2D eigenvalue weighted by Crippen LogP contribution is -2.46. The van der Waals surface area contributed by atoms with Gasteiger partial charge in [-0.15, -0.1) is 16.8 Å². The third kappa shape index (κ3) is 5.22. The molecule has 30 heavy (non-hydrogen) atoms. The van der Waals surface area contributed by atoms with Crippen LogP contribution in [0.15, 0.2) is 42.1 Å². The van der Waals surface area contributed by atoms with Crippen LogP contribution < -0.4 is 4.74 Å². The number of hydrogen-bond acceptors (Lipinski definition) is 5. The van der Waals surface area contributed by atoms with E-state index < -0.39 is 5.82 Å². The second-order valence-corrected chi connectivity index (χ2v) is 8.67. The normalized spacial score (nSPS) is 17.6. The predicted octanol–water partition coefficient (Wildman–Crippen LogP) is 4.45. The van der Waals surface area contributed by atoms with Gasteiger partial charge < -0.3 is 9.64 Å². The summed E-state index contributed by atoms with van der Waals surface area (Å²) in [5, 5.41) is 8.83. The van der Waals surface area contributed by atoms with E-state index in [0.717, 1.165) is 25.8 Å². The van der Waals surface area contributed by atoms with Gasteiger partial charge in [0.25, 0.3) is 0 Å². The van der Waals surface area contributed by atoms with Gasteiger partial charge in [-0.1, -0.05) is 36.9 Å². The summed E-state index contributed by atoms with van der Waals surface area (Å²) in [6.07, 6.45) is 6.04. The summed E-state index contributed by atoms with van der Waals surface area (Å²) in [7, 11) is 0. The van der Waals surface area contributed by atoms with Gasteiger partial charge in [0.1, 0.15) is 6.61 Å². The first-order chi connectivity index (χ1) is 14.5. The van der Waals surface area contributed by atoms with Crippen LogP contribution >= 0.6 is 11.8 Å². The lowest BCUT2D eigenvalue weighted by Gasteiger charge is -2.36. The van der Waals surface area contributed by atoms with E-state index >= 15 is 0 Å². The Hall–Kier alpha value is -2.35. The summed E-state index contributed by atoms with van der Waals surface area (Å²) < 4.78 is 21.3. The molecule has 2 aromatic rings. The van der Waals surface area contributed by atoms with Gasteiger partial charge in [-0.3, -0.25) is 9.36 Å². The Morgan fingerprint density at radius 1 is 1.40 bits per heavy atom. The molecule has 6 nitrogen and oxygen atoms in total. The summed E-state index contributed by atoms with van der Waals surface area (Å²) >= 11 is 1.39. The molecule has 3 rings (SSSR count). The van der Waals surface area contributed by atoms with Crippen LogP contribution in [-0.2, 0) is 17.9 Å². The number of amides is 1. The van der Waals surface area contributed by atoms with E-state index in [0.29, 0.717) is 23.6 Å². The standard InChI is InChI=1S/C22H29FN4O2S/c1-4-13-27-20(15-29-19-12-7-6-11-18(19)23)24-25-22(27)30-16(3)21(28)26-14-9-8-10-17(26)5-2/h4,6-7,11-12,16-17H,1,5,8-10,13-15H2,2-3H3. The van der Waals surface area contributed by atoms with Gasteiger partial charge in [-0.05, 0) is 44.7 Å². The zero-order chi connectivity index (χ0) is 21.5. The van der Waals surface area contributed by atoms with Crippen molar-refractivity contribution in [2.24, 2.45) is 0 Å². The van der Waals surface area contributed by atoms with Gasteiger partial charge >= 0.3 is 0 Å². The van der Waals surface area contributed by atoms with Crippen LogP contribution in [0, 0.1) is 5.82 Å². The van der Waals surface area contributed by atoms with Crippen molar-refractivity contribution in [2.75, 3.05) is 6.54 Å². The number of ether oxygens (including phenoxy) is 1. The summed E-state index contributed by atoms with van der Waals surface area (Å²) in [5.74, 6) is 0.445. The molecular formula is C22H29FN4O2S. The van der Waals surface area contributed by atoms with Gasteiger partial charge in [0.2, 0.25) is 5.91 Å². The van der Waals surface area contributed by atoms with Crippen molar-refractivity contribution in [1.82, 2.24) is 19.7 Å². The van der Waals surface area contributed by atoms with Crippen LogP contribution in [0.5, 0.6) is 5.75 Å². The Labute approximate surface area is 181 Å². The van der Waals surface area contributed by atoms with E-state index in [1.165, 1.54) is 24.2 Å². The maximum atomic E-state index is 13.8. The average molecular weight is 433 g/mol. The fourth-order valence-electron chi connectivity index (χ4n) is 3.69. The minimum Gasteiger partial charge on any atom is -0.483 e. The summed E-state index contributed by atoms with van der Waals surface area (Å²) in [6, 6.07) is 6.57. The van der Waals surface area contributed by atoms with Crippen molar-refractivity contribution < 1.29 is 13.9 Å². The first-order valence-electron chi connectivity index (χ1n) is 10.4. The third-order valence-corrected chi connectivity index (χ3v) is 6.38. The first kappa shape index (κ1) is 22.3. The molecule has 2 heterocycles. The minimum absolute atomic E-state index is 0.0781. The van der Waals surface area contributed by atoms with Crippen molar-refractivity contribution in [3.8, 4) is 5.75 Å². The predicted molar refractivity (Wildman–Crippen MR) is 116 cm³/mol. The monoisotopic (exact) mass is 432 g/mol. The number of allylic oxidation sites excluding steroid dienone is 1. The Morgan fingerprint density at radius 2 is 2.20 bits per heavy atom. The SMILES string of the molecule is C=CCn1c(COc2ccccc2F)nnc1SC(C)C(=O)N1CCCCC1CC. The highest BCUT2D eigenvalue weighted by molar-refractivity contribution is 8.00. The molecule has 1 saturated heterocycles. The van der Waals surface area contributed by atoms with E-state index in [9.17, 15) is 9.18 Å². The minimum atomic E-state index is -0.423. The van der Waals surface area contributed by atoms with E-state index in [-0.39, 0.29) is 23.5 Å². The highest BCUT2D eigenvalue weighted by atomic mass is 32.2. The Bertz CT molecular complexity index is 873. The molecule has 1 aliphatic rings. The maximum absolute atomic E-state index is 13.8. The quantitative estimate of drug-likeness (QED) is 0.433. The molecule has 0 radical (unpaired) electrons. The summed E-state index contributed by atoms with van der Waals surface area (Å²) in [6.45, 7) is 9.23. The molecule has 0 aliphatic carbocycles. The number of nitrogens with zero attached hydrogens (tertiary/aromatic N) is 4. The van der Waals surface area contributed by atoms with Gasteiger partial charge in [0.05, 0.1) is 5.25 Å². The van der Waals surface area contributed by atoms with Crippen LogP contribution in [0.25, 0.3) is 0 Å². The van der Waals surface area contributed by atoms with Crippen molar-refractivity contribution >= 4 is 17.7 Å². The first-order valence-corrected chi connectivity index (χ1v) is 11.3. The number of likely N-dealkylation sites (tertiary alicyclic amines) is 1. The second-order valence-electron chi connectivity index (χ2n) is 7.37. The number of carbonyl (C=O) groups is 1. The lowest BCUT2D eigenvalue weighted by molar-refractivity contribution is -0.134. The molecular weight excluding hydrogens is 403 g/mol. The van der Waals surface area contributed by atoms with Gasteiger partial charge in [0.15, 0.2) is 22.5 Å². The van der Waals surface area contributed by atoms with Gasteiger partial charge in [-0.2, -0.15) is 0 Å². The molecule has 0 saturated carbocycles. The number of piperidine rings is 1. The third-order valence-electron chi connectivity index (χ3n) is 5.31. The highest BCUT2D eigenvalue weighted by Gasteiger charge is 2.30. The molecule has 1 amide bonds. The molecule has 1 aromatic heterocycles. The lowest BCUT2D eigenvalue weighted by atomic mass is 10.00. The highest BCUT2D eigenvalue weighted by Crippen LogP contribution is 2.28. The number of benzene rings is 1. The van der Waals surface area contributed by atoms with E-state index in [1.54, 1.807) is 24.3 Å². The number of carbonyl (C=O) groups excluding carboxylic acids is 1. The largest absolute Gasteiger partial charge is 0.483 e. The number of thioether (sulfide) groups is 1. The number of aromatic nitrogens is 3. The zero-order valence-electron chi connectivity index (χ0n) is 17.6. The fourth-order valence-corrected chi connectivity index (χ4v) is 4.63. The van der Waals surface area contributed by atoms with Gasteiger partial charge in [-0.25, -0.2) is 4.39 Å². The van der Waals surface area contributed by atoms with Crippen LogP contribution in [-0.4, -0.2) is 43.4 Å². The summed E-state index contributed by atoms with van der Waals surface area (Å²) in [4.78, 5) is 15.1. The number of halogens is 1. The molecule has 0 N–H and O–H groups in total. The van der Waals surface area contributed by atoms with E-state index in [1.807, 2.05) is 16.4 Å². The molecule has 0 bridgehead atoms. The fraction of sp³-hybridized carbons (Fsp3) is 0.500. The number of hydrogen-bond donors (Lipinski definition) is 0. The van der Waals surface area contributed by atoms with E-state index in [2.05, 4.69) is 23.7 Å². The van der Waals surface area contributed by atoms with Crippen LogP contribution in [0.1, 0.15) is 45.4 Å². The van der Waals surface area contributed by atoms with Crippen molar-refractivity contribution in [2.45, 2.75) is 69.1 Å². The number of rotatable bonds is 9. The molecule has 8 heteroatoms. The molecule has 162 valence electrons. The van der Waals surface area contributed by atoms with Crippen LogP contribution in [0.4, 0.5) is 4.39 Å². The molecule has 1 aromatic carbocycles.